The molecule has 0 atom stereocenters. The van der Waals surface area contributed by atoms with Crippen molar-refractivity contribution >= 4 is 0 Å². The molecule has 0 amide bonds. The number of benzene rings is 1. The number of aliphatic hydroxyl groups is 1. The summed E-state index contributed by atoms with van der Waals surface area (Å²) in [7, 11) is 0. The van der Waals surface area contributed by atoms with Gasteiger partial charge in [-0.3, -0.25) is 9.80 Å². The summed E-state index contributed by atoms with van der Waals surface area (Å²) in [4.78, 5) is 4.59. The molecule has 18 heavy (non-hydrogen) atoms. The average molecular weight is 252 g/mol. The van der Waals surface area contributed by atoms with E-state index < -0.39 is 0 Å². The van der Waals surface area contributed by atoms with E-state index in [1.807, 2.05) is 12.1 Å². The van der Waals surface area contributed by atoms with Crippen LogP contribution in [0.25, 0.3) is 0 Å². The number of halogens is 1. The fraction of sp³-hybridized carbons (Fsp3) is 0.571. The van der Waals surface area contributed by atoms with Crippen molar-refractivity contribution in [3.63, 3.8) is 0 Å². The fourth-order valence-corrected chi connectivity index (χ4v) is 2.31. The largest absolute Gasteiger partial charge is 0.395 e. The second kappa shape index (κ2) is 6.27. The van der Waals surface area contributed by atoms with E-state index in [4.69, 9.17) is 5.11 Å². The molecule has 0 aliphatic carbocycles. The molecule has 0 spiro atoms. The number of β-amino-alcohol motifs (C(OH)–C–C–N with tert-alkyl or cyclic N) is 1. The van der Waals surface area contributed by atoms with Crippen LogP contribution in [0.5, 0.6) is 0 Å². The summed E-state index contributed by atoms with van der Waals surface area (Å²) in [6.07, 6.45) is 0. The Hall–Kier alpha value is -0.970. The molecule has 1 aliphatic rings. The van der Waals surface area contributed by atoms with Crippen LogP contribution >= 0.6 is 0 Å². The maximum Gasteiger partial charge on any atom is 0.126 e. The lowest BCUT2D eigenvalue weighted by molar-refractivity contribution is 0.108. The van der Waals surface area contributed by atoms with Crippen LogP contribution in [0.1, 0.15) is 11.1 Å². The molecule has 1 aromatic carbocycles. The molecule has 0 unspecified atom stereocenters. The van der Waals surface area contributed by atoms with Crippen LogP contribution in [-0.4, -0.2) is 54.2 Å². The molecule has 4 heteroatoms. The first-order valence-corrected chi connectivity index (χ1v) is 6.49. The van der Waals surface area contributed by atoms with E-state index in [0.29, 0.717) is 5.56 Å². The van der Waals surface area contributed by atoms with Crippen LogP contribution in [0.15, 0.2) is 18.2 Å². The molecule has 100 valence electrons. The molecule has 0 saturated carbocycles. The Labute approximate surface area is 108 Å². The summed E-state index contributed by atoms with van der Waals surface area (Å²) in [5, 5.41) is 8.88. The predicted octanol–water partition coefficient (Wildman–Crippen LogP) is 1.24. The van der Waals surface area contributed by atoms with Crippen molar-refractivity contribution in [3.05, 3.63) is 35.1 Å². The van der Waals surface area contributed by atoms with Gasteiger partial charge >= 0.3 is 0 Å². The van der Waals surface area contributed by atoms with Gasteiger partial charge in [-0.15, -0.1) is 0 Å². The van der Waals surface area contributed by atoms with Gasteiger partial charge in [0.2, 0.25) is 0 Å². The van der Waals surface area contributed by atoms with Crippen molar-refractivity contribution in [2.45, 2.75) is 13.5 Å². The number of nitrogens with zero attached hydrogens (tertiary/aromatic N) is 2. The van der Waals surface area contributed by atoms with E-state index in [-0.39, 0.29) is 12.4 Å². The SMILES string of the molecule is Cc1ccc(CN2CCN(CCO)CC2)cc1F. The highest BCUT2D eigenvalue weighted by Gasteiger charge is 2.16. The minimum Gasteiger partial charge on any atom is -0.395 e. The van der Waals surface area contributed by atoms with Crippen LogP contribution in [0.4, 0.5) is 4.39 Å². The molecule has 1 fully saturated rings. The second-order valence-corrected chi connectivity index (χ2v) is 4.92. The van der Waals surface area contributed by atoms with Gasteiger partial charge in [0, 0.05) is 39.3 Å². The second-order valence-electron chi connectivity index (χ2n) is 4.92. The summed E-state index contributed by atoms with van der Waals surface area (Å²) in [5.74, 6) is -0.119. The van der Waals surface area contributed by atoms with Gasteiger partial charge in [0.1, 0.15) is 5.82 Å². The molecule has 0 aromatic heterocycles. The van der Waals surface area contributed by atoms with Crippen molar-refractivity contribution in [1.29, 1.82) is 0 Å². The average Bonchev–Trinajstić information content (AvgIpc) is 2.37. The van der Waals surface area contributed by atoms with Gasteiger partial charge in [0.05, 0.1) is 6.61 Å². The quantitative estimate of drug-likeness (QED) is 0.873. The van der Waals surface area contributed by atoms with Crippen molar-refractivity contribution in [3.8, 4) is 0 Å². The molecule has 1 heterocycles. The highest BCUT2D eigenvalue weighted by Crippen LogP contribution is 2.12. The van der Waals surface area contributed by atoms with Crippen LogP contribution in [-0.2, 0) is 6.54 Å². The summed E-state index contributed by atoms with van der Waals surface area (Å²) in [6, 6.07) is 5.47. The number of rotatable bonds is 4. The smallest absolute Gasteiger partial charge is 0.126 e. The minimum absolute atomic E-state index is 0.119. The van der Waals surface area contributed by atoms with E-state index >= 15 is 0 Å². The van der Waals surface area contributed by atoms with E-state index in [0.717, 1.165) is 44.8 Å². The minimum atomic E-state index is -0.119. The first-order chi connectivity index (χ1) is 8.69. The Morgan fingerprint density at radius 2 is 1.83 bits per heavy atom. The van der Waals surface area contributed by atoms with Crippen molar-refractivity contribution < 1.29 is 9.50 Å². The van der Waals surface area contributed by atoms with Gasteiger partial charge in [0.15, 0.2) is 0 Å². The molecule has 3 nitrogen and oxygen atoms in total. The topological polar surface area (TPSA) is 26.7 Å². The highest BCUT2D eigenvalue weighted by atomic mass is 19.1. The van der Waals surface area contributed by atoms with Gasteiger partial charge in [-0.25, -0.2) is 4.39 Å². The number of piperazine rings is 1. The van der Waals surface area contributed by atoms with Crippen LogP contribution in [0.2, 0.25) is 0 Å². The molecule has 2 rings (SSSR count). The Morgan fingerprint density at radius 1 is 1.17 bits per heavy atom. The van der Waals surface area contributed by atoms with Crippen molar-refractivity contribution in [1.82, 2.24) is 9.80 Å². The summed E-state index contributed by atoms with van der Waals surface area (Å²) < 4.78 is 13.4. The third-order valence-corrected chi connectivity index (χ3v) is 3.52. The summed E-state index contributed by atoms with van der Waals surface area (Å²) in [6.45, 7) is 7.50. The fourth-order valence-electron chi connectivity index (χ4n) is 2.31. The van der Waals surface area contributed by atoms with E-state index in [2.05, 4.69) is 9.80 Å². The lowest BCUT2D eigenvalue weighted by atomic mass is 10.1. The highest BCUT2D eigenvalue weighted by molar-refractivity contribution is 5.23. The standard InChI is InChI=1S/C14H21FN2O/c1-12-2-3-13(10-14(12)15)11-17-6-4-16(5-7-17)8-9-18/h2-3,10,18H,4-9,11H2,1H3. The zero-order valence-electron chi connectivity index (χ0n) is 10.9. The van der Waals surface area contributed by atoms with Crippen LogP contribution in [0.3, 0.4) is 0 Å². The van der Waals surface area contributed by atoms with Gasteiger partial charge in [0.25, 0.3) is 0 Å². The third kappa shape index (κ3) is 3.51. The number of hydrogen-bond donors (Lipinski definition) is 1. The van der Waals surface area contributed by atoms with E-state index in [1.165, 1.54) is 0 Å². The Morgan fingerprint density at radius 3 is 2.44 bits per heavy atom. The lowest BCUT2D eigenvalue weighted by Crippen LogP contribution is -2.46. The van der Waals surface area contributed by atoms with Gasteiger partial charge in [-0.2, -0.15) is 0 Å². The normalized spacial score (nSPS) is 18.2. The van der Waals surface area contributed by atoms with Crippen LogP contribution in [0, 0.1) is 12.7 Å². The zero-order chi connectivity index (χ0) is 13.0. The Bertz CT molecular complexity index is 389. The van der Waals surface area contributed by atoms with Gasteiger partial charge in [-0.1, -0.05) is 12.1 Å². The van der Waals surface area contributed by atoms with Gasteiger partial charge in [-0.05, 0) is 24.1 Å². The number of aryl methyl sites for hydroxylation is 1. The van der Waals surface area contributed by atoms with Crippen molar-refractivity contribution in [2.24, 2.45) is 0 Å². The molecule has 1 saturated heterocycles. The molecule has 0 bridgehead atoms. The molecular weight excluding hydrogens is 231 g/mol. The van der Waals surface area contributed by atoms with Crippen LogP contribution < -0.4 is 0 Å². The Kier molecular flexibility index (Phi) is 4.69. The summed E-state index contributed by atoms with van der Waals surface area (Å²) >= 11 is 0. The molecule has 1 aromatic rings. The first-order valence-electron chi connectivity index (χ1n) is 6.49. The van der Waals surface area contributed by atoms with E-state index in [9.17, 15) is 4.39 Å². The first kappa shape index (κ1) is 13.5. The summed E-state index contributed by atoms with van der Waals surface area (Å²) in [5.41, 5.74) is 1.74. The molecule has 1 N–H and O–H groups in total. The molecule has 0 radical (unpaired) electrons. The van der Waals surface area contributed by atoms with E-state index in [1.54, 1.807) is 13.0 Å². The van der Waals surface area contributed by atoms with Gasteiger partial charge < -0.3 is 5.11 Å². The third-order valence-electron chi connectivity index (χ3n) is 3.52. The predicted molar refractivity (Wildman–Crippen MR) is 69.9 cm³/mol. The maximum atomic E-state index is 13.4. The lowest BCUT2D eigenvalue weighted by Gasteiger charge is -2.34. The van der Waals surface area contributed by atoms with Crippen molar-refractivity contribution in [2.75, 3.05) is 39.3 Å². The Balaban J connectivity index is 1.85. The molecular formula is C14H21FN2O. The number of aliphatic hydroxyl groups excluding tert-OH is 1. The maximum absolute atomic E-state index is 13.4. The number of hydrogen-bond acceptors (Lipinski definition) is 3. The molecule has 1 aliphatic heterocycles. The zero-order valence-corrected chi connectivity index (χ0v) is 10.9. The monoisotopic (exact) mass is 252 g/mol.